The SMILES string of the molecule is CCn1c(CSCc2ccc(C)cc2)nnc1SCC(=O)Nc1ccc(I)cc1. The van der Waals surface area contributed by atoms with Gasteiger partial charge in [-0.3, -0.25) is 4.79 Å². The number of benzene rings is 2. The Morgan fingerprint density at radius 3 is 2.48 bits per heavy atom. The molecule has 0 atom stereocenters. The number of carbonyl (C=O) groups excluding carboxylic acids is 1. The highest BCUT2D eigenvalue weighted by molar-refractivity contribution is 14.1. The first kappa shape index (κ1) is 22.2. The highest BCUT2D eigenvalue weighted by Crippen LogP contribution is 2.22. The van der Waals surface area contributed by atoms with Gasteiger partial charge in [-0.1, -0.05) is 41.6 Å². The van der Waals surface area contributed by atoms with Gasteiger partial charge in [0.1, 0.15) is 5.82 Å². The summed E-state index contributed by atoms with van der Waals surface area (Å²) in [5, 5.41) is 12.3. The number of amides is 1. The number of aromatic nitrogens is 3. The van der Waals surface area contributed by atoms with Gasteiger partial charge in [0.15, 0.2) is 5.16 Å². The predicted molar refractivity (Wildman–Crippen MR) is 130 cm³/mol. The maximum Gasteiger partial charge on any atom is 0.234 e. The van der Waals surface area contributed by atoms with Crippen molar-refractivity contribution in [1.29, 1.82) is 0 Å². The number of carbonyl (C=O) groups is 1. The predicted octanol–water partition coefficient (Wildman–Crippen LogP) is 5.38. The van der Waals surface area contributed by atoms with Crippen molar-refractivity contribution < 1.29 is 4.79 Å². The number of hydrogen-bond donors (Lipinski definition) is 1. The van der Waals surface area contributed by atoms with E-state index in [1.807, 2.05) is 36.0 Å². The molecule has 0 bridgehead atoms. The Hall–Kier alpha value is -1.52. The van der Waals surface area contributed by atoms with Crippen LogP contribution >= 0.6 is 46.1 Å². The van der Waals surface area contributed by atoms with E-state index in [2.05, 4.69) is 80.8 Å². The summed E-state index contributed by atoms with van der Waals surface area (Å²) in [7, 11) is 0. The van der Waals surface area contributed by atoms with Crippen LogP contribution in [-0.2, 0) is 22.8 Å². The largest absolute Gasteiger partial charge is 0.325 e. The summed E-state index contributed by atoms with van der Waals surface area (Å²) in [5.41, 5.74) is 3.39. The van der Waals surface area contributed by atoms with E-state index < -0.39 is 0 Å². The van der Waals surface area contributed by atoms with Crippen molar-refractivity contribution in [3.63, 3.8) is 0 Å². The van der Waals surface area contributed by atoms with Crippen LogP contribution in [0.25, 0.3) is 0 Å². The Morgan fingerprint density at radius 2 is 1.79 bits per heavy atom. The summed E-state index contributed by atoms with van der Waals surface area (Å²) >= 11 is 5.49. The minimum absolute atomic E-state index is 0.0443. The zero-order valence-corrected chi connectivity index (χ0v) is 20.2. The second-order valence-electron chi connectivity index (χ2n) is 6.47. The molecular weight excluding hydrogens is 515 g/mol. The van der Waals surface area contributed by atoms with Gasteiger partial charge < -0.3 is 9.88 Å². The molecule has 0 aliphatic rings. The van der Waals surface area contributed by atoms with Gasteiger partial charge in [0.05, 0.1) is 11.5 Å². The van der Waals surface area contributed by atoms with Crippen LogP contribution in [0.2, 0.25) is 0 Å². The highest BCUT2D eigenvalue weighted by Gasteiger charge is 2.13. The third kappa shape index (κ3) is 6.75. The number of thioether (sulfide) groups is 2. The smallest absolute Gasteiger partial charge is 0.234 e. The van der Waals surface area contributed by atoms with Crippen LogP contribution in [0.5, 0.6) is 0 Å². The van der Waals surface area contributed by atoms with Crippen LogP contribution in [-0.4, -0.2) is 26.4 Å². The Labute approximate surface area is 193 Å². The molecule has 3 rings (SSSR count). The van der Waals surface area contributed by atoms with E-state index in [0.717, 1.165) is 38.3 Å². The molecule has 0 unspecified atom stereocenters. The standard InChI is InChI=1S/C21H23IN4OS2/c1-3-26-19(13-28-12-16-6-4-15(2)5-7-16)24-25-21(26)29-14-20(27)23-18-10-8-17(22)9-11-18/h4-11H,3,12-14H2,1-2H3,(H,23,27). The molecule has 0 spiro atoms. The van der Waals surface area contributed by atoms with Gasteiger partial charge >= 0.3 is 0 Å². The molecule has 2 aromatic carbocycles. The fraction of sp³-hybridized carbons (Fsp3) is 0.286. The van der Waals surface area contributed by atoms with Gasteiger partial charge in [0.25, 0.3) is 0 Å². The van der Waals surface area contributed by atoms with Gasteiger partial charge in [-0.05, 0) is 66.3 Å². The van der Waals surface area contributed by atoms with Crippen LogP contribution in [0.15, 0.2) is 53.7 Å². The number of rotatable bonds is 9. The van der Waals surface area contributed by atoms with Crippen molar-refractivity contribution in [3.8, 4) is 0 Å². The van der Waals surface area contributed by atoms with Gasteiger partial charge in [-0.25, -0.2) is 0 Å². The second-order valence-corrected chi connectivity index (χ2v) is 9.64. The average Bonchev–Trinajstić information content (AvgIpc) is 3.11. The molecule has 1 aromatic heterocycles. The summed E-state index contributed by atoms with van der Waals surface area (Å²) in [6.45, 7) is 4.96. The maximum atomic E-state index is 12.2. The highest BCUT2D eigenvalue weighted by atomic mass is 127. The molecule has 29 heavy (non-hydrogen) atoms. The first-order valence-electron chi connectivity index (χ1n) is 9.28. The molecule has 1 N–H and O–H groups in total. The summed E-state index contributed by atoms with van der Waals surface area (Å²) in [6.07, 6.45) is 0. The first-order valence-corrected chi connectivity index (χ1v) is 12.5. The zero-order valence-electron chi connectivity index (χ0n) is 16.4. The summed E-state index contributed by atoms with van der Waals surface area (Å²) in [4.78, 5) is 12.2. The first-order chi connectivity index (χ1) is 14.0. The van der Waals surface area contributed by atoms with Crippen LogP contribution in [0.3, 0.4) is 0 Å². The van der Waals surface area contributed by atoms with E-state index in [9.17, 15) is 4.79 Å². The van der Waals surface area contributed by atoms with Crippen molar-refractivity contribution in [2.45, 2.75) is 37.1 Å². The number of anilines is 1. The Morgan fingerprint density at radius 1 is 1.07 bits per heavy atom. The van der Waals surface area contributed by atoms with Crippen molar-refractivity contribution in [2.75, 3.05) is 11.1 Å². The zero-order chi connectivity index (χ0) is 20.6. The molecule has 1 heterocycles. The van der Waals surface area contributed by atoms with E-state index in [1.165, 1.54) is 22.9 Å². The number of nitrogens with one attached hydrogen (secondary N) is 1. The van der Waals surface area contributed by atoms with Crippen LogP contribution in [0, 0.1) is 10.5 Å². The fourth-order valence-electron chi connectivity index (χ4n) is 2.66. The van der Waals surface area contributed by atoms with Crippen molar-refractivity contribution in [3.05, 3.63) is 69.1 Å². The second kappa shape index (κ2) is 11.0. The average molecular weight is 538 g/mol. The lowest BCUT2D eigenvalue weighted by molar-refractivity contribution is -0.113. The summed E-state index contributed by atoms with van der Waals surface area (Å²) in [5.74, 6) is 2.95. The lowest BCUT2D eigenvalue weighted by atomic mass is 10.2. The molecule has 0 fully saturated rings. The molecule has 0 aliphatic heterocycles. The molecule has 0 saturated carbocycles. The van der Waals surface area contributed by atoms with Gasteiger partial charge in [-0.2, -0.15) is 0 Å². The lowest BCUT2D eigenvalue weighted by Gasteiger charge is -2.08. The monoisotopic (exact) mass is 538 g/mol. The van der Waals surface area contributed by atoms with Crippen molar-refractivity contribution in [1.82, 2.24) is 14.8 Å². The molecule has 152 valence electrons. The van der Waals surface area contributed by atoms with E-state index in [4.69, 9.17) is 0 Å². The van der Waals surface area contributed by atoms with E-state index in [1.54, 1.807) is 0 Å². The van der Waals surface area contributed by atoms with E-state index >= 15 is 0 Å². The number of nitrogens with zero attached hydrogens (tertiary/aromatic N) is 3. The number of aryl methyl sites for hydroxylation is 1. The van der Waals surface area contributed by atoms with Crippen LogP contribution < -0.4 is 5.32 Å². The molecule has 0 saturated heterocycles. The number of halogens is 1. The molecule has 1 amide bonds. The van der Waals surface area contributed by atoms with E-state index in [0.29, 0.717) is 5.75 Å². The number of hydrogen-bond acceptors (Lipinski definition) is 5. The Balaban J connectivity index is 1.51. The fourth-order valence-corrected chi connectivity index (χ4v) is 4.76. The minimum Gasteiger partial charge on any atom is -0.325 e. The summed E-state index contributed by atoms with van der Waals surface area (Å²) < 4.78 is 3.23. The lowest BCUT2D eigenvalue weighted by Crippen LogP contribution is -2.14. The third-order valence-electron chi connectivity index (χ3n) is 4.19. The third-order valence-corrected chi connectivity index (χ3v) is 6.88. The quantitative estimate of drug-likeness (QED) is 0.293. The van der Waals surface area contributed by atoms with Crippen LogP contribution in [0.4, 0.5) is 5.69 Å². The maximum absolute atomic E-state index is 12.2. The Bertz CT molecular complexity index is 942. The van der Waals surface area contributed by atoms with Gasteiger partial charge in [0, 0.05) is 21.6 Å². The Kier molecular flexibility index (Phi) is 8.43. The molecule has 0 radical (unpaired) electrons. The summed E-state index contributed by atoms with van der Waals surface area (Å²) in [6, 6.07) is 16.4. The topological polar surface area (TPSA) is 59.8 Å². The van der Waals surface area contributed by atoms with Gasteiger partial charge in [0.2, 0.25) is 5.91 Å². The van der Waals surface area contributed by atoms with Crippen molar-refractivity contribution in [2.24, 2.45) is 0 Å². The molecular formula is C21H23IN4OS2. The molecule has 5 nitrogen and oxygen atoms in total. The molecule has 0 aliphatic carbocycles. The molecule has 8 heteroatoms. The minimum atomic E-state index is -0.0443. The van der Waals surface area contributed by atoms with Crippen LogP contribution in [0.1, 0.15) is 23.9 Å². The van der Waals surface area contributed by atoms with Gasteiger partial charge in [-0.15, -0.1) is 22.0 Å². The normalized spacial score (nSPS) is 10.9. The molecule has 3 aromatic rings. The van der Waals surface area contributed by atoms with Crippen molar-refractivity contribution >= 4 is 57.7 Å². The van der Waals surface area contributed by atoms with E-state index in [-0.39, 0.29) is 5.91 Å².